The fraction of sp³-hybridized carbons (Fsp3) is 0.500. The summed E-state index contributed by atoms with van der Waals surface area (Å²) in [5, 5.41) is 11.4. The maximum atomic E-state index is 10.7. The van der Waals surface area contributed by atoms with E-state index in [1.807, 2.05) is 24.3 Å². The summed E-state index contributed by atoms with van der Waals surface area (Å²) in [4.78, 5) is 4.30. The molecular formula is C14H18ClNO. The van der Waals surface area contributed by atoms with E-state index in [0.717, 1.165) is 37.0 Å². The lowest BCUT2D eigenvalue weighted by atomic mass is 9.79. The molecule has 0 atom stereocenters. The van der Waals surface area contributed by atoms with Gasteiger partial charge in [0, 0.05) is 17.6 Å². The van der Waals surface area contributed by atoms with E-state index >= 15 is 0 Å². The van der Waals surface area contributed by atoms with E-state index in [1.54, 1.807) is 7.05 Å². The summed E-state index contributed by atoms with van der Waals surface area (Å²) >= 11 is 6.19. The van der Waals surface area contributed by atoms with Crippen molar-refractivity contribution in [2.75, 3.05) is 7.05 Å². The summed E-state index contributed by atoms with van der Waals surface area (Å²) in [7, 11) is 1.73. The molecule has 1 saturated carbocycles. The minimum absolute atomic E-state index is 0.659. The average Bonchev–Trinajstić information content (AvgIpc) is 2.33. The highest BCUT2D eigenvalue weighted by molar-refractivity contribution is 6.34. The molecule has 17 heavy (non-hydrogen) atoms. The molecule has 0 saturated heterocycles. The topological polar surface area (TPSA) is 32.6 Å². The van der Waals surface area contributed by atoms with Gasteiger partial charge >= 0.3 is 0 Å². The first kappa shape index (κ1) is 12.6. The van der Waals surface area contributed by atoms with Crippen molar-refractivity contribution in [1.82, 2.24) is 0 Å². The molecule has 2 rings (SSSR count). The van der Waals surface area contributed by atoms with Crippen molar-refractivity contribution in [2.45, 2.75) is 37.7 Å². The number of hydrogen-bond donors (Lipinski definition) is 1. The second-order valence-corrected chi connectivity index (χ2v) is 5.05. The van der Waals surface area contributed by atoms with Gasteiger partial charge in [0.15, 0.2) is 0 Å². The van der Waals surface area contributed by atoms with Gasteiger partial charge in [0.25, 0.3) is 0 Å². The van der Waals surface area contributed by atoms with Crippen molar-refractivity contribution < 1.29 is 5.11 Å². The fourth-order valence-corrected chi connectivity index (χ4v) is 2.83. The lowest BCUT2D eigenvalue weighted by Gasteiger charge is -2.33. The van der Waals surface area contributed by atoms with Crippen LogP contribution in [0.1, 0.15) is 37.7 Å². The van der Waals surface area contributed by atoms with Crippen LogP contribution in [0.3, 0.4) is 0 Å². The Balaban J connectivity index is 2.37. The standard InChI is InChI=1S/C14H18ClNO/c1-16-13(11-7-3-4-8-12(11)15)14(17)9-5-2-6-10-14/h3-4,7-8,17H,2,5-6,9-10H2,1H3. The molecule has 1 aromatic carbocycles. The second-order valence-electron chi connectivity index (χ2n) is 4.64. The molecule has 2 nitrogen and oxygen atoms in total. The van der Waals surface area contributed by atoms with Crippen LogP contribution in [-0.4, -0.2) is 23.5 Å². The number of halogens is 1. The van der Waals surface area contributed by atoms with Crippen molar-refractivity contribution in [2.24, 2.45) is 4.99 Å². The zero-order valence-corrected chi connectivity index (χ0v) is 10.9. The monoisotopic (exact) mass is 251 g/mol. The third kappa shape index (κ3) is 2.53. The quantitative estimate of drug-likeness (QED) is 0.803. The molecule has 0 unspecified atom stereocenters. The van der Waals surface area contributed by atoms with Crippen molar-refractivity contribution in [3.63, 3.8) is 0 Å². The third-order valence-corrected chi connectivity index (χ3v) is 3.80. The predicted molar refractivity (Wildman–Crippen MR) is 71.9 cm³/mol. The Labute approximate surface area is 107 Å². The van der Waals surface area contributed by atoms with Gasteiger partial charge in [-0.05, 0) is 18.9 Å². The van der Waals surface area contributed by atoms with Gasteiger partial charge in [0.1, 0.15) is 5.60 Å². The van der Waals surface area contributed by atoms with Gasteiger partial charge in [-0.2, -0.15) is 0 Å². The molecule has 1 fully saturated rings. The van der Waals surface area contributed by atoms with Gasteiger partial charge in [-0.3, -0.25) is 4.99 Å². The van der Waals surface area contributed by atoms with Crippen LogP contribution in [-0.2, 0) is 0 Å². The zero-order chi connectivity index (χ0) is 12.3. The van der Waals surface area contributed by atoms with E-state index in [4.69, 9.17) is 11.6 Å². The molecule has 1 N–H and O–H groups in total. The largest absolute Gasteiger partial charge is 0.384 e. The Bertz CT molecular complexity index is 422. The lowest BCUT2D eigenvalue weighted by molar-refractivity contribution is 0.0714. The number of hydrogen-bond acceptors (Lipinski definition) is 2. The predicted octanol–water partition coefficient (Wildman–Crippen LogP) is 3.45. The summed E-state index contributed by atoms with van der Waals surface area (Å²) in [6, 6.07) is 7.59. The summed E-state index contributed by atoms with van der Waals surface area (Å²) < 4.78 is 0. The molecule has 0 bridgehead atoms. The molecule has 1 aliphatic carbocycles. The number of benzene rings is 1. The summed E-state index contributed by atoms with van der Waals surface area (Å²) in [6.07, 6.45) is 4.87. The van der Waals surface area contributed by atoms with Crippen LogP contribution in [0.15, 0.2) is 29.3 Å². The number of aliphatic hydroxyl groups is 1. The Hall–Kier alpha value is -0.860. The Morgan fingerprint density at radius 1 is 1.24 bits per heavy atom. The Morgan fingerprint density at radius 2 is 1.88 bits per heavy atom. The molecule has 0 aromatic heterocycles. The van der Waals surface area contributed by atoms with Gasteiger partial charge < -0.3 is 5.11 Å². The van der Waals surface area contributed by atoms with Crippen LogP contribution in [0.5, 0.6) is 0 Å². The van der Waals surface area contributed by atoms with Crippen LogP contribution in [0.4, 0.5) is 0 Å². The van der Waals surface area contributed by atoms with E-state index in [2.05, 4.69) is 4.99 Å². The van der Waals surface area contributed by atoms with E-state index < -0.39 is 5.60 Å². The van der Waals surface area contributed by atoms with E-state index in [1.165, 1.54) is 6.42 Å². The highest BCUT2D eigenvalue weighted by Gasteiger charge is 2.35. The molecule has 0 radical (unpaired) electrons. The van der Waals surface area contributed by atoms with Gasteiger partial charge in [0.2, 0.25) is 0 Å². The van der Waals surface area contributed by atoms with Gasteiger partial charge in [-0.1, -0.05) is 49.1 Å². The summed E-state index contributed by atoms with van der Waals surface area (Å²) in [5.74, 6) is 0. The maximum absolute atomic E-state index is 10.7. The van der Waals surface area contributed by atoms with Crippen LogP contribution >= 0.6 is 11.6 Å². The minimum Gasteiger partial charge on any atom is -0.384 e. The molecule has 1 aromatic rings. The molecular weight excluding hydrogens is 234 g/mol. The molecule has 92 valence electrons. The van der Waals surface area contributed by atoms with Gasteiger partial charge in [0.05, 0.1) is 5.71 Å². The summed E-state index contributed by atoms with van der Waals surface area (Å²) in [5.41, 5.74) is 0.807. The number of nitrogens with zero attached hydrogens (tertiary/aromatic N) is 1. The van der Waals surface area contributed by atoms with Crippen LogP contribution in [0.25, 0.3) is 0 Å². The molecule has 3 heteroatoms. The molecule has 1 aliphatic rings. The minimum atomic E-state index is -0.794. The number of aliphatic imine (C=N–C) groups is 1. The highest BCUT2D eigenvalue weighted by atomic mass is 35.5. The SMILES string of the molecule is CN=C(c1ccccc1Cl)C1(O)CCCCC1. The van der Waals surface area contributed by atoms with Crippen molar-refractivity contribution in [3.8, 4) is 0 Å². The normalized spacial score (nSPS) is 20.3. The van der Waals surface area contributed by atoms with Crippen LogP contribution < -0.4 is 0 Å². The number of rotatable bonds is 2. The smallest absolute Gasteiger partial charge is 0.107 e. The molecule has 0 heterocycles. The first-order chi connectivity index (χ1) is 8.17. The first-order valence-corrected chi connectivity index (χ1v) is 6.50. The van der Waals surface area contributed by atoms with Crippen molar-refractivity contribution >= 4 is 17.3 Å². The van der Waals surface area contributed by atoms with Gasteiger partial charge in [-0.25, -0.2) is 0 Å². The van der Waals surface area contributed by atoms with Crippen LogP contribution in [0, 0.1) is 0 Å². The fourth-order valence-electron chi connectivity index (χ4n) is 2.61. The van der Waals surface area contributed by atoms with Crippen molar-refractivity contribution in [1.29, 1.82) is 0 Å². The zero-order valence-electron chi connectivity index (χ0n) is 10.1. The lowest BCUT2D eigenvalue weighted by Crippen LogP contribution is -2.41. The average molecular weight is 252 g/mol. The summed E-state index contributed by atoms with van der Waals surface area (Å²) in [6.45, 7) is 0. The van der Waals surface area contributed by atoms with E-state index in [9.17, 15) is 5.11 Å². The van der Waals surface area contributed by atoms with Crippen molar-refractivity contribution in [3.05, 3.63) is 34.9 Å². The van der Waals surface area contributed by atoms with Gasteiger partial charge in [-0.15, -0.1) is 0 Å². The maximum Gasteiger partial charge on any atom is 0.107 e. The Kier molecular flexibility index (Phi) is 3.85. The van der Waals surface area contributed by atoms with E-state index in [-0.39, 0.29) is 0 Å². The highest BCUT2D eigenvalue weighted by Crippen LogP contribution is 2.33. The molecule has 0 spiro atoms. The van der Waals surface area contributed by atoms with Crippen LogP contribution in [0.2, 0.25) is 5.02 Å². The van der Waals surface area contributed by atoms with E-state index in [0.29, 0.717) is 5.02 Å². The first-order valence-electron chi connectivity index (χ1n) is 6.12. The Morgan fingerprint density at radius 3 is 2.47 bits per heavy atom. The molecule has 0 aliphatic heterocycles. The second kappa shape index (κ2) is 5.19. The third-order valence-electron chi connectivity index (χ3n) is 3.47. The molecule has 0 amide bonds.